The van der Waals surface area contributed by atoms with E-state index in [1.165, 1.54) is 11.3 Å². The van der Waals surface area contributed by atoms with Gasteiger partial charge < -0.3 is 14.9 Å². The number of carbonyl (C=O) groups is 1. The van der Waals surface area contributed by atoms with Gasteiger partial charge in [-0.3, -0.25) is 14.2 Å². The predicted molar refractivity (Wildman–Crippen MR) is 122 cm³/mol. The molecular weight excluding hydrogens is 412 g/mol. The maximum atomic E-state index is 13.3. The molecule has 5 rings (SSSR count). The van der Waals surface area contributed by atoms with Crippen molar-refractivity contribution < 1.29 is 9.90 Å². The van der Waals surface area contributed by atoms with E-state index in [4.69, 9.17) is 4.98 Å². The third-order valence-corrected chi connectivity index (χ3v) is 7.56. The van der Waals surface area contributed by atoms with E-state index in [1.54, 1.807) is 12.1 Å². The summed E-state index contributed by atoms with van der Waals surface area (Å²) in [5, 5.41) is 10.1. The lowest BCUT2D eigenvalue weighted by molar-refractivity contribution is 0.0751. The Morgan fingerprint density at radius 1 is 1.03 bits per heavy atom. The van der Waals surface area contributed by atoms with Crippen molar-refractivity contribution >= 4 is 33.1 Å². The Morgan fingerprint density at radius 3 is 2.52 bits per heavy atom. The summed E-state index contributed by atoms with van der Waals surface area (Å²) in [6, 6.07) is 7.15. The summed E-state index contributed by atoms with van der Waals surface area (Å²) in [4.78, 5) is 36.7. The van der Waals surface area contributed by atoms with Gasteiger partial charge in [0.1, 0.15) is 16.4 Å². The van der Waals surface area contributed by atoms with E-state index >= 15 is 0 Å². The van der Waals surface area contributed by atoms with E-state index in [0.29, 0.717) is 28.2 Å². The van der Waals surface area contributed by atoms with Crippen molar-refractivity contribution in [2.75, 3.05) is 31.1 Å². The number of benzene rings is 1. The molecule has 1 N–H and O–H groups in total. The molecule has 162 valence electrons. The van der Waals surface area contributed by atoms with Crippen LogP contribution in [0.5, 0.6) is 5.75 Å². The molecule has 0 radical (unpaired) electrons. The Morgan fingerprint density at radius 2 is 1.77 bits per heavy atom. The summed E-state index contributed by atoms with van der Waals surface area (Å²) in [7, 11) is 0. The van der Waals surface area contributed by atoms with E-state index in [9.17, 15) is 14.7 Å². The summed E-state index contributed by atoms with van der Waals surface area (Å²) in [6.45, 7) is 5.30. The summed E-state index contributed by atoms with van der Waals surface area (Å²) in [5.74, 6) is 1.10. The maximum absolute atomic E-state index is 13.3. The van der Waals surface area contributed by atoms with Gasteiger partial charge >= 0.3 is 0 Å². The van der Waals surface area contributed by atoms with Crippen molar-refractivity contribution in [1.82, 2.24) is 14.5 Å². The number of rotatable bonds is 2. The molecule has 3 aromatic rings. The molecule has 1 fully saturated rings. The van der Waals surface area contributed by atoms with Crippen molar-refractivity contribution in [1.29, 1.82) is 0 Å². The molecule has 8 heteroatoms. The Labute approximate surface area is 184 Å². The standard InChI is InChI=1S/C23H26N4O3S/c1-15-19-21(24-18-5-3-2-4-10-27(18)22(19)29)31-20(15)23(30)26-13-11-25(12-14-26)16-6-8-17(28)9-7-16/h6-9,28H,2-5,10-14H2,1H3. The molecule has 0 unspecified atom stereocenters. The van der Waals surface area contributed by atoms with Crippen LogP contribution in [0.2, 0.25) is 0 Å². The highest BCUT2D eigenvalue weighted by molar-refractivity contribution is 7.20. The van der Waals surface area contributed by atoms with Gasteiger partial charge in [-0.15, -0.1) is 11.3 Å². The second-order valence-corrected chi connectivity index (χ2v) is 9.33. The first kappa shape index (κ1) is 20.1. The molecule has 31 heavy (non-hydrogen) atoms. The number of nitrogens with zero attached hydrogens (tertiary/aromatic N) is 4. The molecule has 1 saturated heterocycles. The van der Waals surface area contributed by atoms with E-state index in [0.717, 1.165) is 62.4 Å². The van der Waals surface area contributed by atoms with Crippen LogP contribution in [0.25, 0.3) is 10.2 Å². The number of thiophene rings is 1. The van der Waals surface area contributed by atoms with Gasteiger partial charge in [0, 0.05) is 44.8 Å². The topological polar surface area (TPSA) is 78.7 Å². The van der Waals surface area contributed by atoms with Crippen LogP contribution in [0.4, 0.5) is 5.69 Å². The minimum Gasteiger partial charge on any atom is -0.508 e. The molecule has 0 spiro atoms. The smallest absolute Gasteiger partial charge is 0.264 e. The van der Waals surface area contributed by atoms with E-state index in [-0.39, 0.29) is 17.2 Å². The first-order chi connectivity index (χ1) is 15.0. The zero-order valence-corrected chi connectivity index (χ0v) is 18.5. The van der Waals surface area contributed by atoms with E-state index < -0.39 is 0 Å². The first-order valence-electron chi connectivity index (χ1n) is 10.9. The molecule has 0 aliphatic carbocycles. The lowest BCUT2D eigenvalue weighted by Crippen LogP contribution is -2.48. The molecule has 2 aromatic heterocycles. The van der Waals surface area contributed by atoms with Gasteiger partial charge in [-0.1, -0.05) is 6.42 Å². The lowest BCUT2D eigenvalue weighted by atomic mass is 10.1. The minimum absolute atomic E-state index is 0.00634. The van der Waals surface area contributed by atoms with Crippen LogP contribution >= 0.6 is 11.3 Å². The fourth-order valence-electron chi connectivity index (χ4n) is 4.59. The SMILES string of the molecule is Cc1c(C(=O)N2CCN(c3ccc(O)cc3)CC2)sc2nc3n(c(=O)c12)CCCCC3. The van der Waals surface area contributed by atoms with Crippen molar-refractivity contribution in [3.8, 4) is 5.75 Å². The van der Waals surface area contributed by atoms with Crippen LogP contribution in [0.15, 0.2) is 29.1 Å². The summed E-state index contributed by atoms with van der Waals surface area (Å²) >= 11 is 1.36. The van der Waals surface area contributed by atoms with Gasteiger partial charge in [-0.2, -0.15) is 0 Å². The second-order valence-electron chi connectivity index (χ2n) is 8.33. The van der Waals surface area contributed by atoms with Crippen LogP contribution < -0.4 is 10.5 Å². The lowest BCUT2D eigenvalue weighted by Gasteiger charge is -2.36. The van der Waals surface area contributed by atoms with Crippen molar-refractivity contribution in [2.24, 2.45) is 0 Å². The monoisotopic (exact) mass is 438 g/mol. The van der Waals surface area contributed by atoms with Crippen LogP contribution in [-0.4, -0.2) is 51.6 Å². The van der Waals surface area contributed by atoms with Crippen molar-refractivity contribution in [3.05, 3.63) is 50.9 Å². The number of hydrogen-bond acceptors (Lipinski definition) is 6. The zero-order valence-electron chi connectivity index (χ0n) is 17.6. The van der Waals surface area contributed by atoms with E-state index in [2.05, 4.69) is 4.90 Å². The van der Waals surface area contributed by atoms with Gasteiger partial charge in [0.15, 0.2) is 0 Å². The average Bonchev–Trinajstić information content (AvgIpc) is 2.95. The third-order valence-electron chi connectivity index (χ3n) is 6.39. The van der Waals surface area contributed by atoms with Gasteiger partial charge in [0.05, 0.1) is 10.3 Å². The molecule has 1 amide bonds. The number of aryl methyl sites for hydroxylation is 2. The number of piperazine rings is 1. The number of aromatic hydroxyl groups is 1. The Hall–Kier alpha value is -2.87. The highest BCUT2D eigenvalue weighted by atomic mass is 32.1. The molecule has 1 aromatic carbocycles. The van der Waals surface area contributed by atoms with Crippen LogP contribution in [0.1, 0.15) is 40.3 Å². The highest BCUT2D eigenvalue weighted by Gasteiger charge is 2.27. The number of hydrogen-bond donors (Lipinski definition) is 1. The zero-order chi connectivity index (χ0) is 21.5. The number of amides is 1. The highest BCUT2D eigenvalue weighted by Crippen LogP contribution is 2.30. The molecule has 4 heterocycles. The average molecular weight is 439 g/mol. The first-order valence-corrected chi connectivity index (χ1v) is 11.7. The number of phenolic OH excluding ortho intramolecular Hbond substituents is 1. The normalized spacial score (nSPS) is 16.9. The molecule has 2 aliphatic heterocycles. The molecular formula is C23H26N4O3S. The quantitative estimate of drug-likeness (QED) is 0.665. The van der Waals surface area contributed by atoms with Gasteiger partial charge in [-0.05, 0) is 49.6 Å². The van der Waals surface area contributed by atoms with Gasteiger partial charge in [0.25, 0.3) is 11.5 Å². The molecule has 0 saturated carbocycles. The maximum Gasteiger partial charge on any atom is 0.264 e. The summed E-state index contributed by atoms with van der Waals surface area (Å²) < 4.78 is 1.82. The van der Waals surface area contributed by atoms with Crippen LogP contribution in [-0.2, 0) is 13.0 Å². The molecule has 2 aliphatic rings. The fourth-order valence-corrected chi connectivity index (χ4v) is 5.75. The van der Waals surface area contributed by atoms with Gasteiger partial charge in [-0.25, -0.2) is 4.98 Å². The molecule has 0 bridgehead atoms. The fraction of sp³-hybridized carbons (Fsp3) is 0.435. The van der Waals surface area contributed by atoms with E-state index in [1.807, 2.05) is 28.5 Å². The largest absolute Gasteiger partial charge is 0.508 e. The number of aromatic nitrogens is 2. The summed E-state index contributed by atoms with van der Waals surface area (Å²) in [6.07, 6.45) is 4.00. The number of anilines is 1. The van der Waals surface area contributed by atoms with Crippen LogP contribution in [0, 0.1) is 6.92 Å². The third kappa shape index (κ3) is 3.59. The number of carbonyl (C=O) groups excluding carboxylic acids is 1. The van der Waals surface area contributed by atoms with Crippen LogP contribution in [0.3, 0.4) is 0 Å². The number of phenols is 1. The summed E-state index contributed by atoms with van der Waals surface area (Å²) in [5.41, 5.74) is 1.82. The Balaban J connectivity index is 1.39. The van der Waals surface area contributed by atoms with Crippen molar-refractivity contribution in [3.63, 3.8) is 0 Å². The van der Waals surface area contributed by atoms with Crippen molar-refractivity contribution in [2.45, 2.75) is 39.2 Å². The minimum atomic E-state index is -0.00884. The molecule has 7 nitrogen and oxygen atoms in total. The predicted octanol–water partition coefficient (Wildman–Crippen LogP) is 3.16. The van der Waals surface area contributed by atoms with Gasteiger partial charge in [0.2, 0.25) is 0 Å². The Kier molecular flexibility index (Phi) is 5.17. The molecule has 0 atom stereocenters. The second kappa shape index (κ2) is 8.00. The Bertz CT molecular complexity index is 1190. The number of fused-ring (bicyclic) bond motifs is 2.